The van der Waals surface area contributed by atoms with Crippen LogP contribution in [-0.2, 0) is 6.42 Å². The van der Waals surface area contributed by atoms with Gasteiger partial charge in [-0.05, 0) is 30.2 Å². The van der Waals surface area contributed by atoms with Crippen molar-refractivity contribution < 1.29 is 9.84 Å². The van der Waals surface area contributed by atoms with Gasteiger partial charge in [-0.15, -0.1) is 0 Å². The summed E-state index contributed by atoms with van der Waals surface area (Å²) in [6.45, 7) is 2.11. The van der Waals surface area contributed by atoms with Crippen molar-refractivity contribution in [3.63, 3.8) is 0 Å². The lowest BCUT2D eigenvalue weighted by atomic mass is 10.1. The Morgan fingerprint density at radius 3 is 2.47 bits per heavy atom. The topological polar surface area (TPSA) is 29.5 Å². The molecule has 17 heavy (non-hydrogen) atoms. The molecule has 2 nitrogen and oxygen atoms in total. The van der Waals surface area contributed by atoms with E-state index in [-0.39, 0.29) is 5.75 Å². The van der Waals surface area contributed by atoms with Crippen molar-refractivity contribution in [2.75, 3.05) is 0 Å². The van der Waals surface area contributed by atoms with E-state index in [0.29, 0.717) is 5.75 Å². The molecule has 0 aliphatic rings. The van der Waals surface area contributed by atoms with Crippen molar-refractivity contribution in [2.24, 2.45) is 0 Å². The summed E-state index contributed by atoms with van der Waals surface area (Å²) in [7, 11) is 0. The highest BCUT2D eigenvalue weighted by Gasteiger charge is 2.09. The molecule has 1 N–H and O–H groups in total. The summed E-state index contributed by atoms with van der Waals surface area (Å²) in [5.41, 5.74) is 1.04. The van der Waals surface area contributed by atoms with Gasteiger partial charge in [-0.25, -0.2) is 0 Å². The molecule has 2 heteroatoms. The van der Waals surface area contributed by atoms with E-state index in [4.69, 9.17) is 4.74 Å². The van der Waals surface area contributed by atoms with Crippen LogP contribution in [0.4, 0.5) is 0 Å². The zero-order valence-electron chi connectivity index (χ0n) is 9.89. The quantitative estimate of drug-likeness (QED) is 0.852. The van der Waals surface area contributed by atoms with Crippen LogP contribution in [0.3, 0.4) is 0 Å². The minimum atomic E-state index is 0.194. The molecule has 0 bridgehead atoms. The second kappa shape index (κ2) is 5.39. The van der Waals surface area contributed by atoms with E-state index >= 15 is 0 Å². The number of hydrogen-bond donors (Lipinski definition) is 1. The van der Waals surface area contributed by atoms with Crippen LogP contribution in [0.2, 0.25) is 0 Å². The lowest BCUT2D eigenvalue weighted by molar-refractivity contribution is 0.407. The Morgan fingerprint density at radius 2 is 1.76 bits per heavy atom. The molecule has 0 aromatic heterocycles. The minimum Gasteiger partial charge on any atom is -0.504 e. The second-order valence-corrected chi connectivity index (χ2v) is 3.93. The van der Waals surface area contributed by atoms with E-state index in [2.05, 4.69) is 6.92 Å². The summed E-state index contributed by atoms with van der Waals surface area (Å²) in [6, 6.07) is 15.0. The fraction of sp³-hybridized carbons (Fsp3) is 0.200. The summed E-state index contributed by atoms with van der Waals surface area (Å²) in [5, 5.41) is 9.85. The predicted octanol–water partition coefficient (Wildman–Crippen LogP) is 4.14. The third-order valence-corrected chi connectivity index (χ3v) is 2.56. The number of hydrogen-bond acceptors (Lipinski definition) is 2. The van der Waals surface area contributed by atoms with Crippen molar-refractivity contribution in [1.82, 2.24) is 0 Å². The third-order valence-electron chi connectivity index (χ3n) is 2.56. The van der Waals surface area contributed by atoms with Crippen molar-refractivity contribution in [3.05, 3.63) is 54.1 Å². The van der Waals surface area contributed by atoms with E-state index < -0.39 is 0 Å². The maximum absolute atomic E-state index is 9.85. The van der Waals surface area contributed by atoms with Crippen LogP contribution in [-0.4, -0.2) is 5.11 Å². The summed E-state index contributed by atoms with van der Waals surface area (Å²) in [6.07, 6.45) is 1.92. The van der Waals surface area contributed by atoms with Crippen LogP contribution in [0, 0.1) is 0 Å². The molecular formula is C15H16O2. The largest absolute Gasteiger partial charge is 0.504 e. The molecule has 0 aliphatic carbocycles. The summed E-state index contributed by atoms with van der Waals surface area (Å²) < 4.78 is 5.74. The second-order valence-electron chi connectivity index (χ2n) is 3.93. The Kier molecular flexibility index (Phi) is 3.66. The van der Waals surface area contributed by atoms with Gasteiger partial charge >= 0.3 is 0 Å². The molecular weight excluding hydrogens is 212 g/mol. The number of ether oxygens (including phenoxy) is 1. The molecule has 2 aromatic rings. The maximum Gasteiger partial charge on any atom is 0.172 e. The molecule has 0 spiro atoms. The fourth-order valence-electron chi connectivity index (χ4n) is 1.76. The molecule has 88 valence electrons. The lowest BCUT2D eigenvalue weighted by Crippen LogP contribution is -1.92. The zero-order chi connectivity index (χ0) is 12.1. The summed E-state index contributed by atoms with van der Waals surface area (Å²) in [4.78, 5) is 0. The van der Waals surface area contributed by atoms with Crippen molar-refractivity contribution in [2.45, 2.75) is 19.8 Å². The van der Waals surface area contributed by atoms with Crippen LogP contribution < -0.4 is 4.74 Å². The number of benzene rings is 2. The van der Waals surface area contributed by atoms with Gasteiger partial charge in [-0.1, -0.05) is 43.7 Å². The molecule has 0 fully saturated rings. The number of rotatable bonds is 4. The average molecular weight is 228 g/mol. The highest BCUT2D eigenvalue weighted by molar-refractivity contribution is 5.48. The van der Waals surface area contributed by atoms with Gasteiger partial charge < -0.3 is 9.84 Å². The highest BCUT2D eigenvalue weighted by atomic mass is 16.5. The number of phenolic OH excluding ortho intramolecular Hbond substituents is 1. The van der Waals surface area contributed by atoms with Gasteiger partial charge in [0.25, 0.3) is 0 Å². The molecule has 0 unspecified atom stereocenters. The maximum atomic E-state index is 9.85. The van der Waals surface area contributed by atoms with E-state index in [1.54, 1.807) is 6.07 Å². The number of aromatic hydroxyl groups is 1. The first-order valence-corrected chi connectivity index (χ1v) is 5.85. The van der Waals surface area contributed by atoms with Crippen LogP contribution in [0.25, 0.3) is 0 Å². The molecule has 0 saturated carbocycles. The SMILES string of the molecule is CCCc1cccc(O)c1Oc1ccccc1. The average Bonchev–Trinajstić information content (AvgIpc) is 2.35. The smallest absolute Gasteiger partial charge is 0.172 e. The lowest BCUT2D eigenvalue weighted by Gasteiger charge is -2.12. The predicted molar refractivity (Wildman–Crippen MR) is 68.6 cm³/mol. The fourth-order valence-corrected chi connectivity index (χ4v) is 1.76. The third kappa shape index (κ3) is 2.78. The van der Waals surface area contributed by atoms with Crippen molar-refractivity contribution in [3.8, 4) is 17.2 Å². The monoisotopic (exact) mass is 228 g/mol. The van der Waals surface area contributed by atoms with Gasteiger partial charge in [0.15, 0.2) is 11.5 Å². The molecule has 0 heterocycles. The van der Waals surface area contributed by atoms with Crippen molar-refractivity contribution in [1.29, 1.82) is 0 Å². The molecule has 2 aromatic carbocycles. The number of phenols is 1. The molecule has 0 saturated heterocycles. The van der Waals surface area contributed by atoms with E-state index in [1.165, 1.54) is 0 Å². The van der Waals surface area contributed by atoms with Gasteiger partial charge in [-0.2, -0.15) is 0 Å². The zero-order valence-corrected chi connectivity index (χ0v) is 9.89. The van der Waals surface area contributed by atoms with Crippen molar-refractivity contribution >= 4 is 0 Å². The van der Waals surface area contributed by atoms with Gasteiger partial charge in [0.1, 0.15) is 5.75 Å². The van der Waals surface area contributed by atoms with Gasteiger partial charge in [0.2, 0.25) is 0 Å². The van der Waals surface area contributed by atoms with Gasteiger partial charge in [0, 0.05) is 0 Å². The summed E-state index contributed by atoms with van der Waals surface area (Å²) in [5.74, 6) is 1.51. The number of para-hydroxylation sites is 2. The Balaban J connectivity index is 2.31. The molecule has 2 rings (SSSR count). The molecule has 0 radical (unpaired) electrons. The standard InChI is InChI=1S/C15H16O2/c1-2-7-12-8-6-11-14(16)15(12)17-13-9-4-3-5-10-13/h3-6,8-11,16H,2,7H2,1H3. The number of aryl methyl sites for hydroxylation is 1. The first-order valence-electron chi connectivity index (χ1n) is 5.85. The Hall–Kier alpha value is -1.96. The van der Waals surface area contributed by atoms with E-state index in [0.717, 1.165) is 24.2 Å². The Morgan fingerprint density at radius 1 is 1.00 bits per heavy atom. The highest BCUT2D eigenvalue weighted by Crippen LogP contribution is 2.34. The Labute approximate surface area is 101 Å². The van der Waals surface area contributed by atoms with Crippen LogP contribution in [0.5, 0.6) is 17.2 Å². The minimum absolute atomic E-state index is 0.194. The first-order chi connectivity index (χ1) is 8.31. The molecule has 0 amide bonds. The van der Waals surface area contributed by atoms with Gasteiger partial charge in [0.05, 0.1) is 0 Å². The summed E-state index contributed by atoms with van der Waals surface area (Å²) >= 11 is 0. The van der Waals surface area contributed by atoms with Crippen LogP contribution >= 0.6 is 0 Å². The van der Waals surface area contributed by atoms with E-state index in [9.17, 15) is 5.11 Å². The van der Waals surface area contributed by atoms with Gasteiger partial charge in [-0.3, -0.25) is 0 Å². The van der Waals surface area contributed by atoms with E-state index in [1.807, 2.05) is 42.5 Å². The van der Waals surface area contributed by atoms with Crippen LogP contribution in [0.1, 0.15) is 18.9 Å². The molecule has 0 aliphatic heterocycles. The Bertz CT molecular complexity index is 478. The normalized spacial score (nSPS) is 10.2. The van der Waals surface area contributed by atoms with Crippen LogP contribution in [0.15, 0.2) is 48.5 Å². The molecule has 0 atom stereocenters. The first kappa shape index (κ1) is 11.5.